The van der Waals surface area contributed by atoms with E-state index in [0.29, 0.717) is 6.04 Å². The lowest BCUT2D eigenvalue weighted by molar-refractivity contribution is 0.281. The summed E-state index contributed by atoms with van der Waals surface area (Å²) in [5.74, 6) is 0.816. The third kappa shape index (κ3) is 4.31. The van der Waals surface area contributed by atoms with Crippen LogP contribution in [0.5, 0.6) is 0 Å². The summed E-state index contributed by atoms with van der Waals surface area (Å²) >= 11 is 0. The Morgan fingerprint density at radius 3 is 2.43 bits per heavy atom. The van der Waals surface area contributed by atoms with Gasteiger partial charge in [-0.1, -0.05) is 51.5 Å². The van der Waals surface area contributed by atoms with E-state index in [1.165, 1.54) is 32.2 Å². The Labute approximate surface area is 130 Å². The fourth-order valence-corrected chi connectivity index (χ4v) is 3.38. The van der Waals surface area contributed by atoms with Crippen LogP contribution in [0.25, 0.3) is 0 Å². The van der Waals surface area contributed by atoms with Crippen molar-refractivity contribution >= 4 is 0 Å². The van der Waals surface area contributed by atoms with E-state index >= 15 is 0 Å². The zero-order chi connectivity index (χ0) is 15.1. The predicted molar refractivity (Wildman–Crippen MR) is 91.9 cm³/mol. The smallest absolute Gasteiger partial charge is 0.0335 e. The number of nitrogens with zero attached hydrogens (tertiary/aromatic N) is 1. The summed E-state index contributed by atoms with van der Waals surface area (Å²) in [4.78, 5) is 2.52. The van der Waals surface area contributed by atoms with E-state index in [2.05, 4.69) is 55.3 Å². The van der Waals surface area contributed by atoms with Crippen LogP contribution in [0.15, 0.2) is 24.3 Å². The van der Waals surface area contributed by atoms with Gasteiger partial charge in [-0.2, -0.15) is 0 Å². The minimum absolute atomic E-state index is 0.507. The van der Waals surface area contributed by atoms with Crippen molar-refractivity contribution in [2.24, 2.45) is 0 Å². The van der Waals surface area contributed by atoms with Gasteiger partial charge >= 0.3 is 0 Å². The molecule has 0 saturated heterocycles. The van der Waals surface area contributed by atoms with E-state index < -0.39 is 0 Å². The Morgan fingerprint density at radius 1 is 1.14 bits per heavy atom. The summed E-state index contributed by atoms with van der Waals surface area (Å²) in [5, 5.41) is 3.72. The van der Waals surface area contributed by atoms with Gasteiger partial charge in [0.1, 0.15) is 0 Å². The van der Waals surface area contributed by atoms with Crippen molar-refractivity contribution in [1.82, 2.24) is 10.2 Å². The molecule has 1 atom stereocenters. The molecule has 1 fully saturated rings. The highest BCUT2D eigenvalue weighted by Gasteiger charge is 2.24. The largest absolute Gasteiger partial charge is 0.310 e. The Kier molecular flexibility index (Phi) is 6.72. The SMILES string of the molecule is CCNC(CCN(CC)CC)c1ccccc1C1CCC1. The molecule has 1 N–H and O–H groups in total. The molecule has 0 aliphatic heterocycles. The quantitative estimate of drug-likeness (QED) is 0.727. The lowest BCUT2D eigenvalue weighted by Crippen LogP contribution is -2.30. The van der Waals surface area contributed by atoms with Crippen LogP contribution >= 0.6 is 0 Å². The van der Waals surface area contributed by atoms with E-state index in [-0.39, 0.29) is 0 Å². The molecule has 118 valence electrons. The molecule has 1 aromatic carbocycles. The summed E-state index contributed by atoms with van der Waals surface area (Å²) in [5.41, 5.74) is 3.16. The van der Waals surface area contributed by atoms with Crippen molar-refractivity contribution in [1.29, 1.82) is 0 Å². The number of nitrogens with one attached hydrogen (secondary N) is 1. The first-order valence-corrected chi connectivity index (χ1v) is 8.84. The average Bonchev–Trinajstić information content (AvgIpc) is 2.46. The Morgan fingerprint density at radius 2 is 1.86 bits per heavy atom. The number of hydrogen-bond acceptors (Lipinski definition) is 2. The molecule has 1 unspecified atom stereocenters. The van der Waals surface area contributed by atoms with Gasteiger partial charge < -0.3 is 10.2 Å². The molecule has 2 rings (SSSR count). The van der Waals surface area contributed by atoms with Gasteiger partial charge in [0.25, 0.3) is 0 Å². The lowest BCUT2D eigenvalue weighted by Gasteiger charge is -2.31. The van der Waals surface area contributed by atoms with Gasteiger partial charge in [-0.25, -0.2) is 0 Å². The lowest BCUT2D eigenvalue weighted by atomic mass is 9.77. The van der Waals surface area contributed by atoms with E-state index in [1.54, 1.807) is 11.1 Å². The number of rotatable bonds is 9. The van der Waals surface area contributed by atoms with Gasteiger partial charge in [0, 0.05) is 6.04 Å². The van der Waals surface area contributed by atoms with Crippen LogP contribution in [0, 0.1) is 0 Å². The summed E-state index contributed by atoms with van der Waals surface area (Å²) < 4.78 is 0. The summed E-state index contributed by atoms with van der Waals surface area (Å²) in [6.45, 7) is 11.3. The van der Waals surface area contributed by atoms with Gasteiger partial charge in [-0.05, 0) is 62.5 Å². The molecule has 1 aliphatic carbocycles. The van der Waals surface area contributed by atoms with Gasteiger partial charge in [0.15, 0.2) is 0 Å². The van der Waals surface area contributed by atoms with Crippen LogP contribution in [0.1, 0.15) is 69.5 Å². The van der Waals surface area contributed by atoms with Crippen LogP contribution in [-0.4, -0.2) is 31.1 Å². The fraction of sp³-hybridized carbons (Fsp3) is 0.684. The third-order valence-electron chi connectivity index (χ3n) is 5.00. The zero-order valence-corrected chi connectivity index (χ0v) is 14.1. The van der Waals surface area contributed by atoms with Crippen LogP contribution in [0.2, 0.25) is 0 Å². The van der Waals surface area contributed by atoms with E-state index in [1.807, 2.05) is 0 Å². The predicted octanol–water partition coefficient (Wildman–Crippen LogP) is 4.34. The van der Waals surface area contributed by atoms with Crippen LogP contribution in [-0.2, 0) is 0 Å². The molecule has 2 heteroatoms. The van der Waals surface area contributed by atoms with Crippen molar-refractivity contribution in [2.75, 3.05) is 26.2 Å². The normalized spacial score (nSPS) is 17.0. The maximum Gasteiger partial charge on any atom is 0.0335 e. The molecule has 21 heavy (non-hydrogen) atoms. The molecular weight excluding hydrogens is 256 g/mol. The maximum atomic E-state index is 3.72. The highest BCUT2D eigenvalue weighted by atomic mass is 15.1. The molecule has 0 heterocycles. The highest BCUT2D eigenvalue weighted by molar-refractivity contribution is 5.34. The van der Waals surface area contributed by atoms with Gasteiger partial charge in [-0.15, -0.1) is 0 Å². The molecular formula is C19H32N2. The maximum absolute atomic E-state index is 3.72. The third-order valence-corrected chi connectivity index (χ3v) is 5.00. The van der Waals surface area contributed by atoms with Crippen LogP contribution < -0.4 is 5.32 Å². The van der Waals surface area contributed by atoms with Crippen molar-refractivity contribution < 1.29 is 0 Å². The summed E-state index contributed by atoms with van der Waals surface area (Å²) in [6.07, 6.45) is 5.38. The van der Waals surface area contributed by atoms with E-state index in [9.17, 15) is 0 Å². The first-order chi connectivity index (χ1) is 10.3. The second-order valence-electron chi connectivity index (χ2n) is 6.18. The molecule has 0 aromatic heterocycles. The average molecular weight is 288 g/mol. The topological polar surface area (TPSA) is 15.3 Å². The number of hydrogen-bond donors (Lipinski definition) is 1. The Balaban J connectivity index is 2.09. The monoisotopic (exact) mass is 288 g/mol. The van der Waals surface area contributed by atoms with Gasteiger partial charge in [-0.3, -0.25) is 0 Å². The summed E-state index contributed by atoms with van der Waals surface area (Å²) in [6, 6.07) is 9.64. The molecule has 0 bridgehead atoms. The van der Waals surface area contributed by atoms with Crippen molar-refractivity contribution in [2.45, 2.75) is 58.4 Å². The van der Waals surface area contributed by atoms with Crippen LogP contribution in [0.3, 0.4) is 0 Å². The molecule has 2 nitrogen and oxygen atoms in total. The molecule has 1 saturated carbocycles. The minimum Gasteiger partial charge on any atom is -0.310 e. The second-order valence-corrected chi connectivity index (χ2v) is 6.18. The Hall–Kier alpha value is -0.860. The fourth-order valence-electron chi connectivity index (χ4n) is 3.38. The molecule has 0 spiro atoms. The first-order valence-electron chi connectivity index (χ1n) is 8.84. The molecule has 0 radical (unpaired) electrons. The van der Waals surface area contributed by atoms with Crippen molar-refractivity contribution in [3.8, 4) is 0 Å². The van der Waals surface area contributed by atoms with Crippen molar-refractivity contribution in [3.05, 3.63) is 35.4 Å². The Bertz CT molecular complexity index is 408. The van der Waals surface area contributed by atoms with Crippen molar-refractivity contribution in [3.63, 3.8) is 0 Å². The van der Waals surface area contributed by atoms with Crippen LogP contribution in [0.4, 0.5) is 0 Å². The van der Waals surface area contributed by atoms with Gasteiger partial charge in [0.05, 0.1) is 0 Å². The van der Waals surface area contributed by atoms with E-state index in [4.69, 9.17) is 0 Å². The van der Waals surface area contributed by atoms with E-state index in [0.717, 1.165) is 25.6 Å². The second kappa shape index (κ2) is 8.55. The number of benzene rings is 1. The standard InChI is InChI=1S/C19H32N2/c1-4-20-19(14-15-21(5-2)6-3)18-13-8-7-12-17(18)16-10-9-11-16/h7-8,12-13,16,19-20H,4-6,9-11,14-15H2,1-3H3. The molecule has 0 amide bonds. The first kappa shape index (κ1) is 16.5. The highest BCUT2D eigenvalue weighted by Crippen LogP contribution is 2.39. The van der Waals surface area contributed by atoms with Gasteiger partial charge in [0.2, 0.25) is 0 Å². The minimum atomic E-state index is 0.507. The molecule has 1 aromatic rings. The summed E-state index contributed by atoms with van der Waals surface area (Å²) in [7, 11) is 0. The molecule has 1 aliphatic rings. The zero-order valence-electron chi connectivity index (χ0n) is 14.1.